The van der Waals surface area contributed by atoms with Gasteiger partial charge in [-0.2, -0.15) is 0 Å². The maximum atomic E-state index is 13.5. The average Bonchev–Trinajstić information content (AvgIpc) is 3.28. The maximum Gasteiger partial charge on any atom is 0.247 e. The number of carbonyl (C=O) groups is 2. The minimum Gasteiger partial charge on any atom is -0.345 e. The molecule has 0 N–H and O–H groups in total. The van der Waals surface area contributed by atoms with E-state index in [0.717, 1.165) is 21.8 Å². The van der Waals surface area contributed by atoms with E-state index in [1.807, 2.05) is 91.7 Å². The van der Waals surface area contributed by atoms with E-state index in [-0.39, 0.29) is 24.4 Å². The summed E-state index contributed by atoms with van der Waals surface area (Å²) in [6.07, 6.45) is 5.34. The van der Waals surface area contributed by atoms with Gasteiger partial charge in [-0.3, -0.25) is 9.59 Å². The number of benzene rings is 2. The van der Waals surface area contributed by atoms with Gasteiger partial charge in [0.25, 0.3) is 0 Å². The fraction of sp³-hybridized carbons (Fsp3) is 0.333. The van der Waals surface area contributed by atoms with E-state index in [1.54, 1.807) is 17.1 Å². The summed E-state index contributed by atoms with van der Waals surface area (Å²) in [5.74, 6) is 0.0558. The van der Waals surface area contributed by atoms with Crippen molar-refractivity contribution in [3.8, 4) is 0 Å². The van der Waals surface area contributed by atoms with Gasteiger partial charge in [0.2, 0.25) is 11.8 Å². The van der Waals surface area contributed by atoms with Crippen molar-refractivity contribution >= 4 is 29.5 Å². The first-order chi connectivity index (χ1) is 17.2. The summed E-state index contributed by atoms with van der Waals surface area (Å²) in [7, 11) is 0. The molecule has 2 aromatic carbocycles. The Morgan fingerprint density at radius 2 is 1.64 bits per heavy atom. The molecule has 0 aliphatic rings. The molecule has 36 heavy (non-hydrogen) atoms. The molecule has 6 heteroatoms. The predicted octanol–water partition coefficient (Wildman–Crippen LogP) is 6.12. The lowest BCUT2D eigenvalue weighted by atomic mass is 10.2. The lowest BCUT2D eigenvalue weighted by molar-refractivity contribution is -0.140. The number of carbonyl (C=O) groups excluding carboxylic acids is 2. The van der Waals surface area contributed by atoms with Gasteiger partial charge >= 0.3 is 0 Å². The van der Waals surface area contributed by atoms with Crippen LogP contribution in [0.5, 0.6) is 0 Å². The second-order valence-corrected chi connectivity index (χ2v) is 10.1. The van der Waals surface area contributed by atoms with E-state index < -0.39 is 0 Å². The SMILES string of the molecule is CC(C)CN(Cc1cccn1Cc1ccccc1Cl)C(=O)CN(C(=O)C=Cc1ccccc1)C(C)C. The van der Waals surface area contributed by atoms with Crippen LogP contribution >= 0.6 is 11.6 Å². The zero-order valence-electron chi connectivity index (χ0n) is 21.6. The van der Waals surface area contributed by atoms with E-state index in [1.165, 1.54) is 0 Å². The third-order valence-corrected chi connectivity index (χ3v) is 6.31. The normalized spacial score (nSPS) is 11.4. The Labute approximate surface area is 220 Å². The van der Waals surface area contributed by atoms with Gasteiger partial charge in [-0.1, -0.05) is 74.0 Å². The molecular formula is C30H36ClN3O2. The molecule has 3 aromatic rings. The molecule has 3 rings (SSSR count). The van der Waals surface area contributed by atoms with E-state index in [2.05, 4.69) is 18.4 Å². The van der Waals surface area contributed by atoms with Gasteiger partial charge in [-0.25, -0.2) is 0 Å². The Morgan fingerprint density at radius 1 is 0.944 bits per heavy atom. The summed E-state index contributed by atoms with van der Waals surface area (Å²) in [4.78, 5) is 30.0. The minimum absolute atomic E-state index is 0.0353. The molecule has 5 nitrogen and oxygen atoms in total. The van der Waals surface area contributed by atoms with Crippen molar-refractivity contribution in [3.63, 3.8) is 0 Å². The zero-order valence-corrected chi connectivity index (χ0v) is 22.4. The topological polar surface area (TPSA) is 45.6 Å². The van der Waals surface area contributed by atoms with Gasteiger partial charge in [-0.15, -0.1) is 0 Å². The summed E-state index contributed by atoms with van der Waals surface area (Å²) < 4.78 is 2.12. The van der Waals surface area contributed by atoms with Crippen LogP contribution in [0.3, 0.4) is 0 Å². The summed E-state index contributed by atoms with van der Waals surface area (Å²) in [5, 5.41) is 0.724. The molecule has 0 aliphatic heterocycles. The Kier molecular flexibility index (Phi) is 9.95. The second-order valence-electron chi connectivity index (χ2n) is 9.69. The number of nitrogens with zero attached hydrogens (tertiary/aromatic N) is 3. The van der Waals surface area contributed by atoms with Crippen molar-refractivity contribution < 1.29 is 9.59 Å². The van der Waals surface area contributed by atoms with Crippen LogP contribution in [0, 0.1) is 5.92 Å². The largest absolute Gasteiger partial charge is 0.345 e. The van der Waals surface area contributed by atoms with Gasteiger partial charge in [0, 0.05) is 42.1 Å². The fourth-order valence-corrected chi connectivity index (χ4v) is 4.23. The number of amides is 2. The molecule has 0 radical (unpaired) electrons. The molecule has 0 atom stereocenters. The number of hydrogen-bond donors (Lipinski definition) is 0. The summed E-state index contributed by atoms with van der Waals surface area (Å²) in [6, 6.07) is 21.4. The maximum absolute atomic E-state index is 13.5. The lowest BCUT2D eigenvalue weighted by Crippen LogP contribution is -2.46. The van der Waals surface area contributed by atoms with Crippen molar-refractivity contribution in [2.24, 2.45) is 5.92 Å². The quantitative estimate of drug-likeness (QED) is 0.294. The van der Waals surface area contributed by atoms with Crippen molar-refractivity contribution in [2.45, 2.75) is 46.8 Å². The third kappa shape index (κ3) is 7.85. The van der Waals surface area contributed by atoms with Gasteiger partial charge in [0.1, 0.15) is 6.54 Å². The molecule has 0 fully saturated rings. The van der Waals surface area contributed by atoms with Crippen LogP contribution in [0.1, 0.15) is 44.5 Å². The van der Waals surface area contributed by atoms with Gasteiger partial charge in [0.15, 0.2) is 0 Å². The lowest BCUT2D eigenvalue weighted by Gasteiger charge is -2.30. The Balaban J connectivity index is 1.74. The van der Waals surface area contributed by atoms with Crippen molar-refractivity contribution in [2.75, 3.05) is 13.1 Å². The highest BCUT2D eigenvalue weighted by molar-refractivity contribution is 6.31. The van der Waals surface area contributed by atoms with E-state index >= 15 is 0 Å². The van der Waals surface area contributed by atoms with Crippen LogP contribution in [0.25, 0.3) is 6.08 Å². The summed E-state index contributed by atoms with van der Waals surface area (Å²) in [6.45, 7) is 9.80. The molecule has 1 heterocycles. The molecule has 0 saturated carbocycles. The van der Waals surface area contributed by atoms with Gasteiger partial charge < -0.3 is 14.4 Å². The number of halogens is 1. The van der Waals surface area contributed by atoms with Crippen molar-refractivity contribution in [1.29, 1.82) is 0 Å². The highest BCUT2D eigenvalue weighted by Gasteiger charge is 2.23. The number of rotatable bonds is 11. The third-order valence-electron chi connectivity index (χ3n) is 5.94. The zero-order chi connectivity index (χ0) is 26.1. The first kappa shape index (κ1) is 27.3. The molecule has 0 aliphatic carbocycles. The summed E-state index contributed by atoms with van der Waals surface area (Å²) in [5.41, 5.74) is 3.00. The molecule has 190 valence electrons. The van der Waals surface area contributed by atoms with Crippen LogP contribution < -0.4 is 0 Å². The second kappa shape index (κ2) is 13.1. The van der Waals surface area contributed by atoms with Crippen LogP contribution in [-0.2, 0) is 22.7 Å². The standard InChI is InChI=1S/C30H36ClN3O2/c1-23(2)19-33(21-27-14-10-18-32(27)20-26-13-8-9-15-28(26)31)30(36)22-34(24(3)4)29(35)17-16-25-11-6-5-7-12-25/h5-18,23-24H,19-22H2,1-4H3. The van der Waals surface area contributed by atoms with Gasteiger partial charge in [-0.05, 0) is 55.2 Å². The molecule has 2 amide bonds. The molecule has 1 aromatic heterocycles. The minimum atomic E-state index is -0.172. The average molecular weight is 506 g/mol. The fourth-order valence-electron chi connectivity index (χ4n) is 4.04. The van der Waals surface area contributed by atoms with Crippen LogP contribution in [-0.4, -0.2) is 45.3 Å². The summed E-state index contributed by atoms with van der Waals surface area (Å²) >= 11 is 6.38. The smallest absolute Gasteiger partial charge is 0.247 e. The Morgan fingerprint density at radius 3 is 2.31 bits per heavy atom. The Bertz CT molecular complexity index is 1170. The molecule has 0 bridgehead atoms. The monoisotopic (exact) mass is 505 g/mol. The highest BCUT2D eigenvalue weighted by atomic mass is 35.5. The number of aromatic nitrogens is 1. The first-order valence-corrected chi connectivity index (χ1v) is 12.8. The van der Waals surface area contributed by atoms with Crippen molar-refractivity contribution in [3.05, 3.63) is 101 Å². The van der Waals surface area contributed by atoms with E-state index in [9.17, 15) is 9.59 Å². The Hall–Kier alpha value is -3.31. The molecular weight excluding hydrogens is 470 g/mol. The van der Waals surface area contributed by atoms with E-state index in [0.29, 0.717) is 25.6 Å². The van der Waals surface area contributed by atoms with Crippen LogP contribution in [0.2, 0.25) is 5.02 Å². The van der Waals surface area contributed by atoms with Crippen molar-refractivity contribution in [1.82, 2.24) is 14.4 Å². The van der Waals surface area contributed by atoms with Crippen LogP contribution in [0.4, 0.5) is 0 Å². The first-order valence-electron chi connectivity index (χ1n) is 12.4. The molecule has 0 unspecified atom stereocenters. The number of hydrogen-bond acceptors (Lipinski definition) is 2. The predicted molar refractivity (Wildman–Crippen MR) is 148 cm³/mol. The highest BCUT2D eigenvalue weighted by Crippen LogP contribution is 2.19. The van der Waals surface area contributed by atoms with Crippen LogP contribution in [0.15, 0.2) is 79.0 Å². The molecule has 0 spiro atoms. The van der Waals surface area contributed by atoms with E-state index in [4.69, 9.17) is 11.6 Å². The molecule has 0 saturated heterocycles. The van der Waals surface area contributed by atoms with Gasteiger partial charge in [0.05, 0.1) is 6.54 Å².